The summed E-state index contributed by atoms with van der Waals surface area (Å²) < 4.78 is 19.0. The van der Waals surface area contributed by atoms with Crippen LogP contribution in [0.2, 0.25) is 0 Å². The fourth-order valence-electron chi connectivity index (χ4n) is 12.8. The van der Waals surface area contributed by atoms with E-state index in [0.717, 1.165) is 57.1 Å². The van der Waals surface area contributed by atoms with E-state index in [-0.39, 0.29) is 59.2 Å². The molecule has 5 aliphatic carbocycles. The molecule has 0 bridgehead atoms. The van der Waals surface area contributed by atoms with E-state index in [2.05, 4.69) is 72.3 Å². The van der Waals surface area contributed by atoms with Crippen LogP contribution in [0.15, 0.2) is 77.3 Å². The van der Waals surface area contributed by atoms with Gasteiger partial charge in [-0.1, -0.05) is 101 Å². The lowest BCUT2D eigenvalue weighted by molar-refractivity contribution is -0.210. The Labute approximate surface area is 342 Å². The van der Waals surface area contributed by atoms with E-state index >= 15 is 0 Å². The average molecular weight is 790 g/mol. The van der Waals surface area contributed by atoms with Crippen LogP contribution in [-0.4, -0.2) is 65.9 Å². The number of aliphatic hydroxyl groups is 1. The number of Topliss-reactive ketones (excluding diaryl/α,β-unsaturated/α-hetero) is 1. The monoisotopic (exact) mass is 789 g/mol. The van der Waals surface area contributed by atoms with Gasteiger partial charge in [-0.25, -0.2) is 0 Å². The number of para-hydroxylation sites is 1. The molecule has 2 aromatic carbocycles. The van der Waals surface area contributed by atoms with E-state index in [1.807, 2.05) is 6.08 Å². The standard InChI is InChI=1S/C32H44O7.C16H15N3/c1-18(2)28(36)37-17-25(35)32-26(38-29(39-32)19-8-6-5-7-9-19)15-23-22-11-10-20-14-21(33)12-13-30(20,3)27(22)24(34)16-31(23,32)4;17-16-18-10-15-13-7-3-1-5-11(13)9-12-6-2-4-8-14(12)19(15)16/h12-14,18-19,22-24,26-27,29,34H,5-11,15-17H2,1-4H3;1-8,15H,9-10H2,(H2,17,18)/t22-,23-,24-,26+,27+,29+,30-,31-,32+;/m0./s1. The Hall–Kier alpha value is -4.12. The molecule has 2 aromatic rings. The smallest absolute Gasteiger partial charge is 0.308 e. The maximum Gasteiger partial charge on any atom is 0.308 e. The molecule has 4 saturated carbocycles. The van der Waals surface area contributed by atoms with Crippen molar-refractivity contribution in [3.63, 3.8) is 0 Å². The average Bonchev–Trinajstić information content (AvgIpc) is 3.84. The van der Waals surface area contributed by atoms with Crippen LogP contribution in [0.4, 0.5) is 5.69 Å². The zero-order valence-corrected chi connectivity index (χ0v) is 34.4. The second-order valence-electron chi connectivity index (χ2n) is 19.0. The van der Waals surface area contributed by atoms with Gasteiger partial charge in [-0.05, 0) is 91.7 Å². The number of ether oxygens (including phenoxy) is 3. The molecule has 0 aromatic heterocycles. The Morgan fingerprint density at radius 1 is 1.03 bits per heavy atom. The van der Waals surface area contributed by atoms with Crippen molar-refractivity contribution in [1.82, 2.24) is 0 Å². The summed E-state index contributed by atoms with van der Waals surface area (Å²) in [5.41, 5.74) is 10.2. The van der Waals surface area contributed by atoms with Crippen molar-refractivity contribution in [2.75, 3.05) is 18.1 Å². The number of carbonyl (C=O) groups excluding carboxylic acids is 3. The van der Waals surface area contributed by atoms with Gasteiger partial charge in [0.05, 0.1) is 30.7 Å². The van der Waals surface area contributed by atoms with E-state index in [0.29, 0.717) is 18.8 Å². The van der Waals surface area contributed by atoms with Gasteiger partial charge < -0.3 is 30.0 Å². The summed E-state index contributed by atoms with van der Waals surface area (Å²) in [4.78, 5) is 45.4. The first-order valence-corrected chi connectivity index (χ1v) is 21.8. The highest BCUT2D eigenvalue weighted by Gasteiger charge is 2.76. The number of nitrogens with two attached hydrogens (primary N) is 1. The molecule has 0 amide bonds. The van der Waals surface area contributed by atoms with Crippen LogP contribution in [-0.2, 0) is 35.0 Å². The number of aliphatic hydroxyl groups excluding tert-OH is 1. The molecular weight excluding hydrogens is 731 g/mol. The molecule has 308 valence electrons. The number of nitrogens with zero attached hydrogens (tertiary/aromatic N) is 2. The zero-order valence-electron chi connectivity index (χ0n) is 34.4. The van der Waals surface area contributed by atoms with E-state index < -0.39 is 35.5 Å². The van der Waals surface area contributed by atoms with Gasteiger partial charge in [-0.15, -0.1) is 0 Å². The first kappa shape index (κ1) is 39.3. The normalized spacial score (nSPS) is 37.0. The molecule has 10 atom stereocenters. The van der Waals surface area contributed by atoms with Crippen LogP contribution in [0.3, 0.4) is 0 Å². The number of hydrogen-bond acceptors (Lipinski definition) is 10. The minimum atomic E-state index is -1.25. The van der Waals surface area contributed by atoms with Crippen molar-refractivity contribution >= 4 is 29.2 Å². The van der Waals surface area contributed by atoms with E-state index in [4.69, 9.17) is 19.9 Å². The molecule has 1 unspecified atom stereocenters. The molecule has 58 heavy (non-hydrogen) atoms. The number of guanidine groups is 1. The Bertz CT molecular complexity index is 2070. The first-order chi connectivity index (χ1) is 27.9. The molecule has 10 rings (SSSR count). The van der Waals surface area contributed by atoms with Crippen LogP contribution >= 0.6 is 0 Å². The van der Waals surface area contributed by atoms with Gasteiger partial charge in [-0.3, -0.25) is 19.4 Å². The van der Waals surface area contributed by atoms with E-state index in [1.165, 1.54) is 28.8 Å². The zero-order chi connectivity index (χ0) is 40.6. The minimum absolute atomic E-state index is 0.0162. The number of rotatable bonds is 5. The van der Waals surface area contributed by atoms with Gasteiger partial charge in [0.1, 0.15) is 0 Å². The van der Waals surface area contributed by atoms with Gasteiger partial charge in [0, 0.05) is 28.4 Å². The predicted octanol–water partition coefficient (Wildman–Crippen LogP) is 7.17. The largest absolute Gasteiger partial charge is 0.457 e. The van der Waals surface area contributed by atoms with Crippen LogP contribution in [0, 0.1) is 40.4 Å². The van der Waals surface area contributed by atoms with Gasteiger partial charge >= 0.3 is 5.97 Å². The number of hydrogen-bond donors (Lipinski definition) is 2. The first-order valence-electron chi connectivity index (χ1n) is 21.8. The third-order valence-electron chi connectivity index (χ3n) is 15.6. The Morgan fingerprint density at radius 2 is 1.78 bits per heavy atom. The highest BCUT2D eigenvalue weighted by atomic mass is 16.7. The third kappa shape index (κ3) is 6.14. The molecule has 1 saturated heterocycles. The van der Waals surface area contributed by atoms with E-state index in [9.17, 15) is 19.5 Å². The highest BCUT2D eigenvalue weighted by Crippen LogP contribution is 2.70. The molecule has 8 aliphatic rings. The lowest BCUT2D eigenvalue weighted by Gasteiger charge is -2.59. The molecule has 0 spiro atoms. The number of benzene rings is 2. The van der Waals surface area contributed by atoms with Gasteiger partial charge in [0.2, 0.25) is 5.78 Å². The summed E-state index contributed by atoms with van der Waals surface area (Å²) in [5, 5.41) is 11.9. The summed E-state index contributed by atoms with van der Waals surface area (Å²) >= 11 is 0. The summed E-state index contributed by atoms with van der Waals surface area (Å²) in [7, 11) is 0. The minimum Gasteiger partial charge on any atom is -0.457 e. The van der Waals surface area contributed by atoms with Gasteiger partial charge in [0.25, 0.3) is 0 Å². The van der Waals surface area contributed by atoms with Crippen molar-refractivity contribution in [1.29, 1.82) is 0 Å². The molecule has 3 N–H and O–H groups in total. The molecule has 10 heteroatoms. The van der Waals surface area contributed by atoms with Crippen LogP contribution < -0.4 is 10.6 Å². The van der Waals surface area contributed by atoms with Crippen molar-refractivity contribution in [3.8, 4) is 0 Å². The number of allylic oxidation sites excluding steroid dienone is 4. The van der Waals surface area contributed by atoms with Crippen molar-refractivity contribution in [2.24, 2.45) is 51.1 Å². The fourth-order valence-corrected chi connectivity index (χ4v) is 12.8. The molecular formula is C48H59N3O7. The Balaban J connectivity index is 0.000000190. The number of esters is 1. The summed E-state index contributed by atoms with van der Waals surface area (Å²) in [6, 6.07) is 17.3. The van der Waals surface area contributed by atoms with Crippen molar-refractivity contribution in [2.45, 2.75) is 122 Å². The number of fused-ring (bicyclic) bond motifs is 12. The van der Waals surface area contributed by atoms with Crippen LogP contribution in [0.25, 0.3) is 0 Å². The number of anilines is 1. The van der Waals surface area contributed by atoms with Gasteiger partial charge in [-0.2, -0.15) is 0 Å². The quantitative estimate of drug-likeness (QED) is 0.302. The number of ketones is 2. The summed E-state index contributed by atoms with van der Waals surface area (Å²) in [6.45, 7) is 8.19. The van der Waals surface area contributed by atoms with Crippen molar-refractivity contribution in [3.05, 3.63) is 89.0 Å². The fraction of sp³-hybridized carbons (Fsp3) is 0.583. The highest BCUT2D eigenvalue weighted by molar-refractivity contribution is 6.01. The maximum absolute atomic E-state index is 14.2. The second kappa shape index (κ2) is 14.9. The number of carbonyl (C=O) groups is 3. The van der Waals surface area contributed by atoms with E-state index in [1.54, 1.807) is 26.0 Å². The number of aliphatic imine (C=N–C) groups is 1. The van der Waals surface area contributed by atoms with Crippen LogP contribution in [0.1, 0.15) is 108 Å². The second-order valence-corrected chi connectivity index (χ2v) is 19.0. The molecule has 0 radical (unpaired) electrons. The maximum atomic E-state index is 14.2. The lowest BCUT2D eigenvalue weighted by Crippen LogP contribution is -2.63. The molecule has 5 fully saturated rings. The topological polar surface area (TPSA) is 141 Å². The van der Waals surface area contributed by atoms with Gasteiger partial charge in [0.15, 0.2) is 30.2 Å². The summed E-state index contributed by atoms with van der Waals surface area (Å²) in [5.74, 6) is 0.163. The molecule has 3 aliphatic heterocycles. The van der Waals surface area contributed by atoms with Crippen LogP contribution in [0.5, 0.6) is 0 Å². The molecule has 3 heterocycles. The molecule has 10 nitrogen and oxygen atoms in total. The Kier molecular flexibility index (Phi) is 10.1. The predicted molar refractivity (Wildman–Crippen MR) is 221 cm³/mol. The van der Waals surface area contributed by atoms with Crippen molar-refractivity contribution < 1.29 is 33.7 Å². The lowest BCUT2D eigenvalue weighted by atomic mass is 9.46. The Morgan fingerprint density at radius 3 is 2.55 bits per heavy atom. The third-order valence-corrected chi connectivity index (χ3v) is 15.6. The summed E-state index contributed by atoms with van der Waals surface area (Å²) in [6.07, 6.45) is 13.1. The SMILES string of the molecule is CC(C)C(=O)OCC(=O)[C@@]12O[C@H](C3CCCCC3)O[C@@H]1C[C@H]1[C@@H]3CCC4=CC(=O)C=C[C@]4(C)[C@H]3[C@@H](O)C[C@@]12C.NC1=NCC2c3ccccc3Cc3ccccc3N12.